The Labute approximate surface area is 141 Å². The zero-order chi connectivity index (χ0) is 16.5. The van der Waals surface area contributed by atoms with Gasteiger partial charge < -0.3 is 14.9 Å². The molecule has 3 heteroatoms. The molecule has 1 saturated heterocycles. The minimum absolute atomic E-state index is 0.146. The van der Waals surface area contributed by atoms with Crippen molar-refractivity contribution in [3.05, 3.63) is 72.3 Å². The summed E-state index contributed by atoms with van der Waals surface area (Å²) in [4.78, 5) is 0. The summed E-state index contributed by atoms with van der Waals surface area (Å²) in [7, 11) is 0. The maximum absolute atomic E-state index is 9.87. The van der Waals surface area contributed by atoms with Gasteiger partial charge in [0.1, 0.15) is 6.10 Å². The molecular weight excluding hydrogens is 300 g/mol. The highest BCUT2D eigenvalue weighted by Gasteiger charge is 2.34. The second-order valence-corrected chi connectivity index (χ2v) is 6.33. The van der Waals surface area contributed by atoms with E-state index in [2.05, 4.69) is 48.5 Å². The third-order valence-electron chi connectivity index (χ3n) is 4.77. The Morgan fingerprint density at radius 3 is 2.29 bits per heavy atom. The van der Waals surface area contributed by atoms with Crippen LogP contribution in [-0.2, 0) is 4.74 Å². The maximum atomic E-state index is 9.87. The van der Waals surface area contributed by atoms with Gasteiger partial charge in [-0.25, -0.2) is 0 Å². The van der Waals surface area contributed by atoms with Crippen molar-refractivity contribution in [1.82, 2.24) is 0 Å². The number of rotatable bonds is 3. The molecule has 0 radical (unpaired) electrons. The van der Waals surface area contributed by atoms with Crippen LogP contribution in [-0.4, -0.2) is 29.0 Å². The topological polar surface area (TPSA) is 49.7 Å². The SMILES string of the molecule is OC[C@H]1O[C@@H](c2ccc(-c3ccc4ccccc4c3)cc2)C[C@@H]1O. The minimum Gasteiger partial charge on any atom is -0.394 e. The van der Waals surface area contributed by atoms with Gasteiger partial charge in [0.2, 0.25) is 0 Å². The van der Waals surface area contributed by atoms with E-state index in [1.54, 1.807) is 0 Å². The molecule has 4 rings (SSSR count). The van der Waals surface area contributed by atoms with Gasteiger partial charge in [0, 0.05) is 6.42 Å². The number of fused-ring (bicyclic) bond motifs is 1. The van der Waals surface area contributed by atoms with Crippen LogP contribution >= 0.6 is 0 Å². The Morgan fingerprint density at radius 1 is 0.875 bits per heavy atom. The molecule has 24 heavy (non-hydrogen) atoms. The lowest BCUT2D eigenvalue weighted by Crippen LogP contribution is -2.24. The number of benzene rings is 3. The largest absolute Gasteiger partial charge is 0.394 e. The maximum Gasteiger partial charge on any atom is 0.107 e. The summed E-state index contributed by atoms with van der Waals surface area (Å²) in [6.07, 6.45) is -0.696. The molecule has 122 valence electrons. The van der Waals surface area contributed by atoms with Gasteiger partial charge in [0.05, 0.1) is 18.8 Å². The molecule has 1 aliphatic rings. The van der Waals surface area contributed by atoms with Crippen LogP contribution in [0.1, 0.15) is 18.1 Å². The van der Waals surface area contributed by atoms with E-state index in [-0.39, 0.29) is 12.7 Å². The van der Waals surface area contributed by atoms with Gasteiger partial charge in [-0.15, -0.1) is 0 Å². The Morgan fingerprint density at radius 2 is 1.58 bits per heavy atom. The molecule has 0 aliphatic carbocycles. The summed E-state index contributed by atoms with van der Waals surface area (Å²) in [5, 5.41) is 21.5. The number of hydrogen-bond donors (Lipinski definition) is 2. The molecule has 0 unspecified atom stereocenters. The molecule has 3 atom stereocenters. The van der Waals surface area contributed by atoms with Crippen LogP contribution in [0.25, 0.3) is 21.9 Å². The van der Waals surface area contributed by atoms with Crippen LogP contribution in [0.5, 0.6) is 0 Å². The quantitative estimate of drug-likeness (QED) is 0.774. The Hall–Kier alpha value is -2.20. The fourth-order valence-electron chi connectivity index (χ4n) is 3.37. The van der Waals surface area contributed by atoms with Crippen LogP contribution in [0, 0.1) is 0 Å². The molecule has 3 aromatic rings. The average molecular weight is 320 g/mol. The summed E-state index contributed by atoms with van der Waals surface area (Å²) in [6.45, 7) is -0.146. The highest BCUT2D eigenvalue weighted by atomic mass is 16.5. The first-order valence-corrected chi connectivity index (χ1v) is 8.28. The van der Waals surface area contributed by atoms with Crippen LogP contribution in [0.4, 0.5) is 0 Å². The van der Waals surface area contributed by atoms with Gasteiger partial charge >= 0.3 is 0 Å². The second kappa shape index (κ2) is 6.36. The lowest BCUT2D eigenvalue weighted by Gasteiger charge is -2.13. The molecule has 0 saturated carbocycles. The van der Waals surface area contributed by atoms with Crippen LogP contribution in [0.2, 0.25) is 0 Å². The third kappa shape index (κ3) is 2.82. The van der Waals surface area contributed by atoms with Gasteiger partial charge in [-0.2, -0.15) is 0 Å². The Kier molecular flexibility index (Phi) is 4.07. The smallest absolute Gasteiger partial charge is 0.107 e. The number of ether oxygens (including phenoxy) is 1. The predicted molar refractivity (Wildman–Crippen MR) is 94.7 cm³/mol. The van der Waals surface area contributed by atoms with Gasteiger partial charge in [0.15, 0.2) is 0 Å². The molecular formula is C21H20O3. The van der Waals surface area contributed by atoms with Gasteiger partial charge in [-0.1, -0.05) is 60.7 Å². The summed E-state index contributed by atoms with van der Waals surface area (Å²) in [5.41, 5.74) is 3.37. The normalized spacial score (nSPS) is 23.7. The van der Waals surface area contributed by atoms with Crippen LogP contribution in [0.15, 0.2) is 66.7 Å². The van der Waals surface area contributed by atoms with Crippen molar-refractivity contribution in [3.8, 4) is 11.1 Å². The van der Waals surface area contributed by atoms with Crippen molar-refractivity contribution in [3.63, 3.8) is 0 Å². The molecule has 0 spiro atoms. The summed E-state index contributed by atoms with van der Waals surface area (Å²) in [6, 6.07) is 23.1. The van der Waals surface area contributed by atoms with Gasteiger partial charge in [0.25, 0.3) is 0 Å². The van der Waals surface area contributed by atoms with Gasteiger partial charge in [-0.3, -0.25) is 0 Å². The van der Waals surface area contributed by atoms with E-state index in [9.17, 15) is 10.2 Å². The van der Waals surface area contributed by atoms with Crippen molar-refractivity contribution >= 4 is 10.8 Å². The highest BCUT2D eigenvalue weighted by Crippen LogP contribution is 2.34. The summed E-state index contributed by atoms with van der Waals surface area (Å²) < 4.78 is 5.71. The first-order chi connectivity index (χ1) is 11.7. The lowest BCUT2D eigenvalue weighted by molar-refractivity contribution is -0.0225. The predicted octanol–water partition coefficient (Wildman–Crippen LogP) is 3.69. The molecule has 0 aromatic heterocycles. The molecule has 0 bridgehead atoms. The number of aliphatic hydroxyl groups excluding tert-OH is 2. The van der Waals surface area contributed by atoms with E-state index in [1.165, 1.54) is 16.3 Å². The standard InChI is InChI=1S/C21H20O3/c22-13-21-19(23)12-20(24-21)16-8-5-15(6-9-16)18-10-7-14-3-1-2-4-17(14)11-18/h1-11,19-23H,12-13H2/t19-,20+,21+/m0/s1. The monoisotopic (exact) mass is 320 g/mol. The van der Waals surface area contributed by atoms with E-state index in [0.29, 0.717) is 6.42 Å². The van der Waals surface area contributed by atoms with Crippen molar-refractivity contribution in [1.29, 1.82) is 0 Å². The van der Waals surface area contributed by atoms with Crippen molar-refractivity contribution < 1.29 is 14.9 Å². The van der Waals surface area contributed by atoms with Crippen LogP contribution < -0.4 is 0 Å². The zero-order valence-corrected chi connectivity index (χ0v) is 13.3. The fraction of sp³-hybridized carbons (Fsp3) is 0.238. The zero-order valence-electron chi connectivity index (χ0n) is 13.3. The van der Waals surface area contributed by atoms with Crippen molar-refractivity contribution in [2.24, 2.45) is 0 Å². The second-order valence-electron chi connectivity index (χ2n) is 6.33. The summed E-state index contributed by atoms with van der Waals surface area (Å²) >= 11 is 0. The van der Waals surface area contributed by atoms with Crippen molar-refractivity contribution in [2.45, 2.75) is 24.7 Å². The number of hydrogen-bond acceptors (Lipinski definition) is 3. The fourth-order valence-corrected chi connectivity index (χ4v) is 3.37. The lowest BCUT2D eigenvalue weighted by atomic mass is 9.98. The molecule has 1 aliphatic heterocycles. The molecule has 2 N–H and O–H groups in total. The van der Waals surface area contributed by atoms with E-state index < -0.39 is 12.2 Å². The van der Waals surface area contributed by atoms with Crippen molar-refractivity contribution in [2.75, 3.05) is 6.61 Å². The Balaban J connectivity index is 1.59. The van der Waals surface area contributed by atoms with E-state index in [0.717, 1.165) is 11.1 Å². The molecule has 3 aromatic carbocycles. The van der Waals surface area contributed by atoms with E-state index in [1.807, 2.05) is 18.2 Å². The van der Waals surface area contributed by atoms with Crippen LogP contribution in [0.3, 0.4) is 0 Å². The average Bonchev–Trinajstić information content (AvgIpc) is 3.02. The molecule has 1 fully saturated rings. The van der Waals surface area contributed by atoms with E-state index in [4.69, 9.17) is 4.74 Å². The minimum atomic E-state index is -0.597. The highest BCUT2D eigenvalue weighted by molar-refractivity contribution is 5.87. The van der Waals surface area contributed by atoms with E-state index >= 15 is 0 Å². The first kappa shape index (κ1) is 15.3. The molecule has 1 heterocycles. The van der Waals surface area contributed by atoms with Gasteiger partial charge in [-0.05, 0) is 33.5 Å². The first-order valence-electron chi connectivity index (χ1n) is 8.28. The molecule has 0 amide bonds. The molecule has 3 nitrogen and oxygen atoms in total. The summed E-state index contributed by atoms with van der Waals surface area (Å²) in [5.74, 6) is 0. The Bertz CT molecular complexity index is 841. The number of aliphatic hydroxyl groups is 2. The third-order valence-corrected chi connectivity index (χ3v) is 4.77.